The molecular formula is C15H14BrFN2S. The number of nitrogens with two attached hydrogens (primary N) is 1. The number of rotatable bonds is 4. The van der Waals surface area contributed by atoms with E-state index < -0.39 is 0 Å². The van der Waals surface area contributed by atoms with Crippen molar-refractivity contribution in [3.05, 3.63) is 63.9 Å². The second kappa shape index (κ2) is 6.33. The Bertz CT molecular complexity index is 646. The molecule has 0 aliphatic rings. The Labute approximate surface area is 131 Å². The lowest BCUT2D eigenvalue weighted by molar-refractivity contribution is 0.617. The van der Waals surface area contributed by atoms with Gasteiger partial charge in [0.1, 0.15) is 10.8 Å². The highest BCUT2D eigenvalue weighted by atomic mass is 79.9. The monoisotopic (exact) mass is 352 g/mol. The maximum atomic E-state index is 13.5. The van der Waals surface area contributed by atoms with E-state index in [2.05, 4.69) is 15.9 Å². The molecule has 0 saturated carbocycles. The van der Waals surface area contributed by atoms with Crippen LogP contribution >= 0.6 is 28.1 Å². The summed E-state index contributed by atoms with van der Waals surface area (Å²) >= 11 is 8.34. The molecule has 0 saturated heterocycles. The number of hydrogen-bond donors (Lipinski definition) is 1. The summed E-state index contributed by atoms with van der Waals surface area (Å²) < 4.78 is 14.0. The van der Waals surface area contributed by atoms with Crippen molar-refractivity contribution in [2.24, 2.45) is 5.73 Å². The van der Waals surface area contributed by atoms with Crippen LogP contribution in [0.3, 0.4) is 0 Å². The Balaban J connectivity index is 2.31. The van der Waals surface area contributed by atoms with E-state index in [-0.39, 0.29) is 5.82 Å². The van der Waals surface area contributed by atoms with Gasteiger partial charge in [0.2, 0.25) is 0 Å². The molecular weight excluding hydrogens is 339 g/mol. The predicted molar refractivity (Wildman–Crippen MR) is 88.5 cm³/mol. The molecule has 20 heavy (non-hydrogen) atoms. The van der Waals surface area contributed by atoms with Gasteiger partial charge in [-0.05, 0) is 39.7 Å². The molecule has 2 aromatic rings. The zero-order valence-corrected chi connectivity index (χ0v) is 13.3. The maximum absolute atomic E-state index is 13.5. The molecule has 0 aromatic heterocycles. The van der Waals surface area contributed by atoms with E-state index in [0.29, 0.717) is 16.0 Å². The lowest BCUT2D eigenvalue weighted by atomic mass is 10.1. The van der Waals surface area contributed by atoms with Crippen molar-refractivity contribution in [3.63, 3.8) is 0 Å². The number of halogens is 2. The number of nitrogens with zero attached hydrogens (tertiary/aromatic N) is 1. The van der Waals surface area contributed by atoms with Gasteiger partial charge in [-0.1, -0.05) is 36.5 Å². The fourth-order valence-corrected chi connectivity index (χ4v) is 2.59. The molecule has 104 valence electrons. The summed E-state index contributed by atoms with van der Waals surface area (Å²) in [4.78, 5) is 2.35. The van der Waals surface area contributed by atoms with Gasteiger partial charge in [-0.25, -0.2) is 4.39 Å². The standard InChI is InChI=1S/C15H14BrFN2S/c1-19(9-10-5-4-7-12(17)14(10)16)13-8-3-2-6-11(13)15(18)20/h2-8H,9H2,1H3,(H2,18,20). The van der Waals surface area contributed by atoms with Gasteiger partial charge in [0.15, 0.2) is 0 Å². The van der Waals surface area contributed by atoms with Gasteiger partial charge in [-0.15, -0.1) is 0 Å². The molecule has 5 heteroatoms. The Morgan fingerprint density at radius 1 is 1.25 bits per heavy atom. The average Bonchev–Trinajstić information content (AvgIpc) is 2.43. The summed E-state index contributed by atoms with van der Waals surface area (Å²) in [6, 6.07) is 12.7. The average molecular weight is 353 g/mol. The SMILES string of the molecule is CN(Cc1cccc(F)c1Br)c1ccccc1C(N)=S. The van der Waals surface area contributed by atoms with E-state index in [1.807, 2.05) is 42.3 Å². The quantitative estimate of drug-likeness (QED) is 0.847. The lowest BCUT2D eigenvalue weighted by Gasteiger charge is -2.22. The van der Waals surface area contributed by atoms with Crippen molar-refractivity contribution in [3.8, 4) is 0 Å². The third-order valence-electron chi connectivity index (χ3n) is 3.02. The lowest BCUT2D eigenvalue weighted by Crippen LogP contribution is -2.21. The molecule has 0 amide bonds. The van der Waals surface area contributed by atoms with Crippen molar-refractivity contribution in [1.82, 2.24) is 0 Å². The van der Waals surface area contributed by atoms with E-state index in [9.17, 15) is 4.39 Å². The first-order chi connectivity index (χ1) is 9.50. The number of anilines is 1. The molecule has 2 N–H and O–H groups in total. The summed E-state index contributed by atoms with van der Waals surface area (Å²) in [6.45, 7) is 0.554. The molecule has 0 atom stereocenters. The fraction of sp³-hybridized carbons (Fsp3) is 0.133. The second-order valence-corrected chi connectivity index (χ2v) is 5.68. The highest BCUT2D eigenvalue weighted by molar-refractivity contribution is 9.10. The van der Waals surface area contributed by atoms with Crippen LogP contribution in [0, 0.1) is 5.82 Å². The Kier molecular flexibility index (Phi) is 4.73. The number of benzene rings is 2. The van der Waals surface area contributed by atoms with Crippen LogP contribution in [0.5, 0.6) is 0 Å². The fourth-order valence-electron chi connectivity index (χ4n) is 2.03. The molecule has 0 heterocycles. The van der Waals surface area contributed by atoms with E-state index >= 15 is 0 Å². The Morgan fingerprint density at radius 3 is 2.65 bits per heavy atom. The maximum Gasteiger partial charge on any atom is 0.137 e. The van der Waals surface area contributed by atoms with Crippen LogP contribution < -0.4 is 10.6 Å². The summed E-state index contributed by atoms with van der Waals surface area (Å²) in [5.41, 5.74) is 8.35. The molecule has 0 aliphatic carbocycles. The molecule has 0 radical (unpaired) electrons. The first-order valence-electron chi connectivity index (χ1n) is 6.03. The van der Waals surface area contributed by atoms with Crippen molar-refractivity contribution < 1.29 is 4.39 Å². The number of hydrogen-bond acceptors (Lipinski definition) is 2. The van der Waals surface area contributed by atoms with Gasteiger partial charge in [-0.3, -0.25) is 0 Å². The molecule has 0 bridgehead atoms. The van der Waals surface area contributed by atoms with Crippen LogP contribution in [0.4, 0.5) is 10.1 Å². The van der Waals surface area contributed by atoms with Gasteiger partial charge in [-0.2, -0.15) is 0 Å². The highest BCUT2D eigenvalue weighted by Gasteiger charge is 2.12. The van der Waals surface area contributed by atoms with Crippen LogP contribution in [0.1, 0.15) is 11.1 Å². The van der Waals surface area contributed by atoms with Gasteiger partial charge < -0.3 is 10.6 Å². The zero-order chi connectivity index (χ0) is 14.7. The van der Waals surface area contributed by atoms with Gasteiger partial charge in [0.05, 0.1) is 4.47 Å². The first-order valence-corrected chi connectivity index (χ1v) is 7.23. The molecule has 0 spiro atoms. The smallest absolute Gasteiger partial charge is 0.137 e. The van der Waals surface area contributed by atoms with E-state index in [0.717, 1.165) is 16.8 Å². The van der Waals surface area contributed by atoms with Crippen molar-refractivity contribution in [2.75, 3.05) is 11.9 Å². The van der Waals surface area contributed by atoms with E-state index in [1.54, 1.807) is 6.07 Å². The molecule has 0 unspecified atom stereocenters. The van der Waals surface area contributed by atoms with Crippen molar-refractivity contribution >= 4 is 38.8 Å². The van der Waals surface area contributed by atoms with Crippen LogP contribution in [-0.2, 0) is 6.54 Å². The summed E-state index contributed by atoms with van der Waals surface area (Å²) in [7, 11) is 1.93. The van der Waals surface area contributed by atoms with Crippen LogP contribution in [0.2, 0.25) is 0 Å². The molecule has 2 aromatic carbocycles. The molecule has 0 aliphatic heterocycles. The molecule has 2 nitrogen and oxygen atoms in total. The summed E-state index contributed by atoms with van der Waals surface area (Å²) in [6.07, 6.45) is 0. The molecule has 2 rings (SSSR count). The molecule has 0 fully saturated rings. The Morgan fingerprint density at radius 2 is 1.95 bits per heavy atom. The van der Waals surface area contributed by atoms with Gasteiger partial charge in [0, 0.05) is 24.8 Å². The van der Waals surface area contributed by atoms with Gasteiger partial charge in [0.25, 0.3) is 0 Å². The van der Waals surface area contributed by atoms with Crippen LogP contribution in [0.15, 0.2) is 46.9 Å². The minimum atomic E-state index is -0.265. The van der Waals surface area contributed by atoms with Crippen molar-refractivity contribution in [1.29, 1.82) is 0 Å². The third-order valence-corrected chi connectivity index (χ3v) is 4.13. The highest BCUT2D eigenvalue weighted by Crippen LogP contribution is 2.25. The minimum absolute atomic E-state index is 0.265. The second-order valence-electron chi connectivity index (χ2n) is 4.45. The zero-order valence-electron chi connectivity index (χ0n) is 10.9. The normalized spacial score (nSPS) is 10.3. The predicted octanol–water partition coefficient (Wildman–Crippen LogP) is 3.86. The van der Waals surface area contributed by atoms with Crippen molar-refractivity contribution in [2.45, 2.75) is 6.54 Å². The summed E-state index contributed by atoms with van der Waals surface area (Å²) in [5.74, 6) is -0.265. The largest absolute Gasteiger partial charge is 0.389 e. The topological polar surface area (TPSA) is 29.3 Å². The van der Waals surface area contributed by atoms with E-state index in [1.165, 1.54) is 6.07 Å². The number of para-hydroxylation sites is 1. The summed E-state index contributed by atoms with van der Waals surface area (Å²) in [5, 5.41) is 0. The minimum Gasteiger partial charge on any atom is -0.389 e. The van der Waals surface area contributed by atoms with E-state index in [4.69, 9.17) is 18.0 Å². The van der Waals surface area contributed by atoms with Crippen LogP contribution in [-0.4, -0.2) is 12.0 Å². The Hall–Kier alpha value is -1.46. The first kappa shape index (κ1) is 14.9. The third kappa shape index (κ3) is 3.16. The van der Waals surface area contributed by atoms with Gasteiger partial charge >= 0.3 is 0 Å². The number of thiocarbonyl (C=S) groups is 1. The van der Waals surface area contributed by atoms with Crippen LogP contribution in [0.25, 0.3) is 0 Å².